The van der Waals surface area contributed by atoms with Crippen LogP contribution >= 0.6 is 11.6 Å². The van der Waals surface area contributed by atoms with Crippen molar-refractivity contribution in [2.45, 2.75) is 48.1 Å². The quantitative estimate of drug-likeness (QED) is 0.678. The van der Waals surface area contributed by atoms with E-state index in [1.165, 1.54) is 12.1 Å². The van der Waals surface area contributed by atoms with Crippen molar-refractivity contribution in [2.75, 3.05) is 0 Å². The van der Waals surface area contributed by atoms with Crippen LogP contribution in [-0.4, -0.2) is 24.9 Å². The lowest BCUT2D eigenvalue weighted by atomic mass is 10.2. The van der Waals surface area contributed by atoms with Crippen LogP contribution in [0.25, 0.3) is 10.9 Å². The molecule has 28 heavy (non-hydrogen) atoms. The highest BCUT2D eigenvalue weighted by molar-refractivity contribution is 7.91. The number of sulfone groups is 1. The van der Waals surface area contributed by atoms with E-state index in [1.807, 2.05) is 12.1 Å². The third-order valence-corrected chi connectivity index (χ3v) is 7.25. The summed E-state index contributed by atoms with van der Waals surface area (Å²) in [5.41, 5.74) is 0.719. The summed E-state index contributed by atoms with van der Waals surface area (Å²) >= 11 is 5.89. The summed E-state index contributed by atoms with van der Waals surface area (Å²) in [5, 5.41) is 4.13. The number of rotatable bonds is 5. The second-order valence-electron chi connectivity index (χ2n) is 7.14. The van der Waals surface area contributed by atoms with Crippen molar-refractivity contribution >= 4 is 38.2 Å². The van der Waals surface area contributed by atoms with E-state index >= 15 is 0 Å². The van der Waals surface area contributed by atoms with Gasteiger partial charge in [-0.05, 0) is 43.2 Å². The van der Waals surface area contributed by atoms with Gasteiger partial charge in [0.2, 0.25) is 15.7 Å². The molecule has 0 unspecified atom stereocenters. The first-order chi connectivity index (χ1) is 13.4. The van der Waals surface area contributed by atoms with Crippen LogP contribution < -0.4 is 5.32 Å². The maximum Gasteiger partial charge on any atom is 0.240 e. The standard InChI is InChI=1S/C21H21ClN2O3S/c22-15-9-11-17(12-10-15)28(26,27)20-13-24(19-8-4-3-7-18(19)20)14-21(25)23-16-5-1-2-6-16/h3-4,7-13,16H,1-2,5-6,14H2,(H,23,25). The Hall–Kier alpha value is -2.31. The van der Waals surface area contributed by atoms with Crippen LogP contribution in [0.4, 0.5) is 0 Å². The lowest BCUT2D eigenvalue weighted by Crippen LogP contribution is -2.35. The molecule has 1 aromatic heterocycles. The van der Waals surface area contributed by atoms with E-state index in [9.17, 15) is 13.2 Å². The molecule has 0 radical (unpaired) electrons. The number of carbonyl (C=O) groups excluding carboxylic acids is 1. The number of nitrogens with zero attached hydrogens (tertiary/aromatic N) is 1. The van der Waals surface area contributed by atoms with Crippen molar-refractivity contribution in [1.82, 2.24) is 9.88 Å². The topological polar surface area (TPSA) is 68.2 Å². The number of hydrogen-bond acceptors (Lipinski definition) is 3. The summed E-state index contributed by atoms with van der Waals surface area (Å²) in [4.78, 5) is 12.9. The Morgan fingerprint density at radius 2 is 1.75 bits per heavy atom. The van der Waals surface area contributed by atoms with Crippen molar-refractivity contribution in [2.24, 2.45) is 0 Å². The molecule has 1 saturated carbocycles. The maximum atomic E-state index is 13.2. The molecule has 1 N–H and O–H groups in total. The minimum Gasteiger partial charge on any atom is -0.352 e. The Morgan fingerprint density at radius 1 is 1.07 bits per heavy atom. The summed E-state index contributed by atoms with van der Waals surface area (Å²) in [5.74, 6) is -0.0944. The number of benzene rings is 2. The van der Waals surface area contributed by atoms with E-state index in [0.29, 0.717) is 10.4 Å². The van der Waals surface area contributed by atoms with Crippen LogP contribution in [0, 0.1) is 0 Å². The Kier molecular flexibility index (Phi) is 5.17. The molecule has 1 amide bonds. The number of halogens is 1. The fourth-order valence-electron chi connectivity index (χ4n) is 3.80. The van der Waals surface area contributed by atoms with E-state index in [4.69, 9.17) is 11.6 Å². The average molecular weight is 417 g/mol. The predicted molar refractivity (Wildman–Crippen MR) is 109 cm³/mol. The van der Waals surface area contributed by atoms with E-state index in [2.05, 4.69) is 5.32 Å². The summed E-state index contributed by atoms with van der Waals surface area (Å²) in [7, 11) is -3.73. The first-order valence-corrected chi connectivity index (χ1v) is 11.2. The minimum absolute atomic E-state index is 0.0904. The predicted octanol–water partition coefficient (Wildman–Crippen LogP) is 4.19. The molecule has 7 heteroatoms. The van der Waals surface area contributed by atoms with Crippen LogP contribution in [-0.2, 0) is 21.2 Å². The van der Waals surface area contributed by atoms with E-state index in [-0.39, 0.29) is 28.3 Å². The molecule has 0 atom stereocenters. The SMILES string of the molecule is O=C(Cn1cc(S(=O)(=O)c2ccc(Cl)cc2)c2ccccc21)NC1CCCC1. The molecular weight excluding hydrogens is 396 g/mol. The first kappa shape index (κ1) is 19.0. The van der Waals surface area contributed by atoms with Crippen LogP contribution in [0.3, 0.4) is 0 Å². The number of aromatic nitrogens is 1. The van der Waals surface area contributed by atoms with Gasteiger partial charge in [0.1, 0.15) is 6.54 Å². The molecule has 1 aliphatic carbocycles. The summed E-state index contributed by atoms with van der Waals surface area (Å²) in [6, 6.07) is 13.6. The number of para-hydroxylation sites is 1. The molecule has 2 aromatic carbocycles. The van der Waals surface area contributed by atoms with Gasteiger partial charge in [0.25, 0.3) is 0 Å². The molecule has 0 bridgehead atoms. The number of hydrogen-bond donors (Lipinski definition) is 1. The Morgan fingerprint density at radius 3 is 2.46 bits per heavy atom. The zero-order valence-electron chi connectivity index (χ0n) is 15.3. The fraction of sp³-hybridized carbons (Fsp3) is 0.286. The summed E-state index contributed by atoms with van der Waals surface area (Å²) in [6.45, 7) is 0.0904. The highest BCUT2D eigenvalue weighted by Crippen LogP contribution is 2.30. The first-order valence-electron chi connectivity index (χ1n) is 9.33. The second-order valence-corrected chi connectivity index (χ2v) is 9.50. The molecule has 146 valence electrons. The van der Waals surface area contributed by atoms with E-state index in [0.717, 1.165) is 31.2 Å². The van der Waals surface area contributed by atoms with Gasteiger partial charge in [0.15, 0.2) is 0 Å². The van der Waals surface area contributed by atoms with Crippen LogP contribution in [0.2, 0.25) is 5.02 Å². The van der Waals surface area contributed by atoms with E-state index < -0.39 is 9.84 Å². The highest BCUT2D eigenvalue weighted by atomic mass is 35.5. The maximum absolute atomic E-state index is 13.2. The van der Waals surface area contributed by atoms with Crippen molar-refractivity contribution in [3.8, 4) is 0 Å². The average Bonchev–Trinajstić information content (AvgIpc) is 3.31. The largest absolute Gasteiger partial charge is 0.352 e. The number of amides is 1. The van der Waals surface area contributed by atoms with Crippen LogP contribution in [0.1, 0.15) is 25.7 Å². The fourth-order valence-corrected chi connectivity index (χ4v) is 5.40. The molecule has 1 aliphatic rings. The smallest absolute Gasteiger partial charge is 0.240 e. The van der Waals surface area contributed by atoms with Crippen molar-refractivity contribution in [1.29, 1.82) is 0 Å². The molecule has 4 rings (SSSR count). The molecule has 0 aliphatic heterocycles. The van der Waals surface area contributed by atoms with Gasteiger partial charge in [0.05, 0.1) is 9.79 Å². The molecule has 1 fully saturated rings. The number of carbonyl (C=O) groups is 1. The van der Waals surface area contributed by atoms with Crippen molar-refractivity contribution in [3.05, 3.63) is 59.8 Å². The summed E-state index contributed by atoms with van der Waals surface area (Å²) in [6.07, 6.45) is 5.85. The van der Waals surface area contributed by atoms with Crippen LogP contribution in [0.15, 0.2) is 64.5 Å². The molecule has 1 heterocycles. The van der Waals surface area contributed by atoms with Crippen molar-refractivity contribution in [3.63, 3.8) is 0 Å². The minimum atomic E-state index is -3.73. The van der Waals surface area contributed by atoms with Gasteiger partial charge in [-0.2, -0.15) is 0 Å². The third-order valence-electron chi connectivity index (χ3n) is 5.20. The van der Waals surface area contributed by atoms with Crippen LogP contribution in [0.5, 0.6) is 0 Å². The van der Waals surface area contributed by atoms with Gasteiger partial charge in [-0.3, -0.25) is 4.79 Å². The molecule has 3 aromatic rings. The zero-order chi connectivity index (χ0) is 19.7. The monoisotopic (exact) mass is 416 g/mol. The highest BCUT2D eigenvalue weighted by Gasteiger charge is 2.24. The lowest BCUT2D eigenvalue weighted by molar-refractivity contribution is -0.122. The molecular formula is C21H21ClN2O3S. The number of nitrogens with one attached hydrogen (secondary N) is 1. The van der Waals surface area contributed by atoms with Gasteiger partial charge in [0, 0.05) is 28.2 Å². The zero-order valence-corrected chi connectivity index (χ0v) is 16.8. The third kappa shape index (κ3) is 3.66. The van der Waals surface area contributed by atoms with Gasteiger partial charge in [-0.1, -0.05) is 42.6 Å². The molecule has 0 saturated heterocycles. The summed E-state index contributed by atoms with van der Waals surface area (Å²) < 4.78 is 28.1. The Balaban J connectivity index is 1.70. The van der Waals surface area contributed by atoms with Gasteiger partial charge in [-0.15, -0.1) is 0 Å². The van der Waals surface area contributed by atoms with Crippen molar-refractivity contribution < 1.29 is 13.2 Å². The molecule has 0 spiro atoms. The normalized spacial score (nSPS) is 15.2. The van der Waals surface area contributed by atoms with Gasteiger partial charge < -0.3 is 9.88 Å². The molecule has 5 nitrogen and oxygen atoms in total. The second kappa shape index (κ2) is 7.60. The van der Waals surface area contributed by atoms with E-state index in [1.54, 1.807) is 35.0 Å². The number of fused-ring (bicyclic) bond motifs is 1. The van der Waals surface area contributed by atoms with Gasteiger partial charge in [-0.25, -0.2) is 8.42 Å². The Bertz CT molecular complexity index is 1110. The van der Waals surface area contributed by atoms with Gasteiger partial charge >= 0.3 is 0 Å². The lowest BCUT2D eigenvalue weighted by Gasteiger charge is -2.12. The Labute approximate surface area is 169 Å².